The van der Waals surface area contributed by atoms with Gasteiger partial charge in [0.05, 0.1) is 19.3 Å². The predicted octanol–water partition coefficient (Wildman–Crippen LogP) is 2.09. The van der Waals surface area contributed by atoms with Crippen LogP contribution in [0.4, 0.5) is 0 Å². The Kier molecular flexibility index (Phi) is 5.95. The second kappa shape index (κ2) is 7.94. The number of carbonyl (C=O) groups excluding carboxylic acids is 1. The van der Waals surface area contributed by atoms with Crippen molar-refractivity contribution in [2.75, 3.05) is 20.1 Å². The van der Waals surface area contributed by atoms with Crippen LogP contribution in [0.1, 0.15) is 32.3 Å². The van der Waals surface area contributed by atoms with Crippen molar-refractivity contribution >= 4 is 12.0 Å². The van der Waals surface area contributed by atoms with Crippen molar-refractivity contribution < 1.29 is 9.53 Å². The zero-order valence-electron chi connectivity index (χ0n) is 13.6. The molecule has 1 N–H and O–H groups in total. The summed E-state index contributed by atoms with van der Waals surface area (Å²) in [5.41, 5.74) is 1.03. The van der Waals surface area contributed by atoms with Gasteiger partial charge in [0.1, 0.15) is 11.9 Å². The molecule has 0 spiro atoms. The van der Waals surface area contributed by atoms with E-state index in [-0.39, 0.29) is 12.0 Å². The fourth-order valence-corrected chi connectivity index (χ4v) is 2.25. The van der Waals surface area contributed by atoms with Gasteiger partial charge in [-0.1, -0.05) is 19.1 Å². The molecule has 2 heterocycles. The van der Waals surface area contributed by atoms with E-state index in [1.807, 2.05) is 31.1 Å². The van der Waals surface area contributed by atoms with Gasteiger partial charge in [0, 0.05) is 18.7 Å². The molecule has 0 bridgehead atoms. The maximum atomic E-state index is 11.5. The largest absolute Gasteiger partial charge is 0.485 e. The van der Waals surface area contributed by atoms with Crippen LogP contribution in [0.25, 0.3) is 6.08 Å². The lowest BCUT2D eigenvalue weighted by atomic mass is 10.1. The molecule has 0 radical (unpaired) electrons. The van der Waals surface area contributed by atoms with Crippen molar-refractivity contribution in [1.29, 1.82) is 0 Å². The normalized spacial score (nSPS) is 16.6. The van der Waals surface area contributed by atoms with Crippen molar-refractivity contribution in [3.8, 4) is 5.75 Å². The van der Waals surface area contributed by atoms with Crippen LogP contribution in [-0.2, 0) is 4.79 Å². The molecular weight excluding hydrogens is 278 g/mol. The average Bonchev–Trinajstić information content (AvgIpc) is 2.50. The molecule has 1 aliphatic heterocycles. The van der Waals surface area contributed by atoms with E-state index in [9.17, 15) is 4.79 Å². The molecule has 1 aromatic heterocycles. The molecule has 1 aliphatic rings. The standard InChI is InChI=1S/C17H25N3O2/c1-4-17(21)20-11-16(12-20)22-15-8-14(9-19-10-15)7-5-6-13(2)18-3/h5,7-10,13,16,18H,4,6,11-12H2,1-3H3/t13-/m0/s1. The topological polar surface area (TPSA) is 54.5 Å². The lowest BCUT2D eigenvalue weighted by Gasteiger charge is -2.38. The third kappa shape index (κ3) is 4.56. The summed E-state index contributed by atoms with van der Waals surface area (Å²) in [6.45, 7) is 5.37. The zero-order valence-corrected chi connectivity index (χ0v) is 13.6. The van der Waals surface area contributed by atoms with Crippen molar-refractivity contribution in [3.63, 3.8) is 0 Å². The number of aromatic nitrogens is 1. The first kappa shape index (κ1) is 16.5. The first-order valence-corrected chi connectivity index (χ1v) is 7.85. The van der Waals surface area contributed by atoms with E-state index in [2.05, 4.69) is 29.4 Å². The molecule has 1 aromatic rings. The lowest BCUT2D eigenvalue weighted by Crippen LogP contribution is -2.56. The number of hydrogen-bond donors (Lipinski definition) is 1. The highest BCUT2D eigenvalue weighted by Gasteiger charge is 2.31. The number of carbonyl (C=O) groups is 1. The highest BCUT2D eigenvalue weighted by atomic mass is 16.5. The number of nitrogens with one attached hydrogen (secondary N) is 1. The summed E-state index contributed by atoms with van der Waals surface area (Å²) in [5, 5.41) is 3.20. The summed E-state index contributed by atoms with van der Waals surface area (Å²) >= 11 is 0. The van der Waals surface area contributed by atoms with Crippen molar-refractivity contribution in [3.05, 3.63) is 30.1 Å². The minimum absolute atomic E-state index is 0.0841. The summed E-state index contributed by atoms with van der Waals surface area (Å²) in [6.07, 6.45) is 9.34. The number of amides is 1. The van der Waals surface area contributed by atoms with Crippen LogP contribution in [0.2, 0.25) is 0 Å². The Morgan fingerprint density at radius 3 is 3.00 bits per heavy atom. The van der Waals surface area contributed by atoms with Crippen LogP contribution in [-0.4, -0.2) is 48.1 Å². The van der Waals surface area contributed by atoms with Crippen LogP contribution in [0.5, 0.6) is 5.75 Å². The molecule has 5 heteroatoms. The molecule has 1 amide bonds. The maximum absolute atomic E-state index is 11.5. The Morgan fingerprint density at radius 2 is 2.32 bits per heavy atom. The molecule has 5 nitrogen and oxygen atoms in total. The SMILES string of the molecule is CCC(=O)N1CC(Oc2cncc(C=CC[C@H](C)NC)c2)C1. The number of likely N-dealkylation sites (tertiary alicyclic amines) is 1. The molecule has 0 aromatic carbocycles. The minimum atomic E-state index is 0.0841. The van der Waals surface area contributed by atoms with Gasteiger partial charge < -0.3 is 15.0 Å². The number of ether oxygens (including phenoxy) is 1. The quantitative estimate of drug-likeness (QED) is 0.838. The fraction of sp³-hybridized carbons (Fsp3) is 0.529. The van der Waals surface area contributed by atoms with Gasteiger partial charge in [-0.3, -0.25) is 9.78 Å². The Labute approximate surface area is 132 Å². The van der Waals surface area contributed by atoms with E-state index < -0.39 is 0 Å². The number of hydrogen-bond acceptors (Lipinski definition) is 4. The van der Waals surface area contributed by atoms with Crippen molar-refractivity contribution in [2.24, 2.45) is 0 Å². The van der Waals surface area contributed by atoms with E-state index in [4.69, 9.17) is 4.74 Å². The van der Waals surface area contributed by atoms with Crippen LogP contribution in [0.3, 0.4) is 0 Å². The first-order chi connectivity index (χ1) is 10.6. The van der Waals surface area contributed by atoms with Crippen molar-refractivity contribution in [1.82, 2.24) is 15.2 Å². The van der Waals surface area contributed by atoms with Gasteiger partial charge in [-0.25, -0.2) is 0 Å². The summed E-state index contributed by atoms with van der Waals surface area (Å²) < 4.78 is 5.86. The summed E-state index contributed by atoms with van der Waals surface area (Å²) in [6, 6.07) is 2.44. The second-order valence-corrected chi connectivity index (χ2v) is 5.67. The molecular formula is C17H25N3O2. The fourth-order valence-electron chi connectivity index (χ4n) is 2.25. The van der Waals surface area contributed by atoms with Gasteiger partial charge in [0.25, 0.3) is 0 Å². The van der Waals surface area contributed by atoms with E-state index in [0.29, 0.717) is 25.6 Å². The molecule has 1 saturated heterocycles. The molecule has 1 atom stereocenters. The summed E-state index contributed by atoms with van der Waals surface area (Å²) in [5.74, 6) is 0.950. The Balaban J connectivity index is 1.83. The van der Waals surface area contributed by atoms with Gasteiger partial charge in [-0.15, -0.1) is 0 Å². The smallest absolute Gasteiger partial charge is 0.222 e. The molecule has 2 rings (SSSR count). The molecule has 22 heavy (non-hydrogen) atoms. The van der Waals surface area contributed by atoms with E-state index in [0.717, 1.165) is 17.7 Å². The minimum Gasteiger partial charge on any atom is -0.485 e. The predicted molar refractivity (Wildman–Crippen MR) is 87.7 cm³/mol. The molecule has 0 saturated carbocycles. The van der Waals surface area contributed by atoms with Gasteiger partial charge >= 0.3 is 0 Å². The van der Waals surface area contributed by atoms with Crippen LogP contribution in [0.15, 0.2) is 24.5 Å². The van der Waals surface area contributed by atoms with Crippen LogP contribution in [0, 0.1) is 0 Å². The van der Waals surface area contributed by atoms with Gasteiger partial charge in [-0.2, -0.15) is 0 Å². The van der Waals surface area contributed by atoms with E-state index >= 15 is 0 Å². The summed E-state index contributed by atoms with van der Waals surface area (Å²) in [4.78, 5) is 17.5. The second-order valence-electron chi connectivity index (χ2n) is 5.67. The van der Waals surface area contributed by atoms with Gasteiger partial charge in [0.15, 0.2) is 0 Å². The van der Waals surface area contributed by atoms with Gasteiger partial charge in [0.2, 0.25) is 5.91 Å². The highest BCUT2D eigenvalue weighted by Crippen LogP contribution is 2.19. The molecule has 0 unspecified atom stereocenters. The monoisotopic (exact) mass is 303 g/mol. The Bertz CT molecular complexity index is 524. The van der Waals surface area contributed by atoms with E-state index in [1.54, 1.807) is 6.20 Å². The molecule has 1 fully saturated rings. The molecule has 120 valence electrons. The zero-order chi connectivity index (χ0) is 15.9. The van der Waals surface area contributed by atoms with E-state index in [1.165, 1.54) is 0 Å². The molecule has 0 aliphatic carbocycles. The third-order valence-electron chi connectivity index (χ3n) is 3.83. The number of nitrogens with zero attached hydrogens (tertiary/aromatic N) is 2. The maximum Gasteiger partial charge on any atom is 0.222 e. The first-order valence-electron chi connectivity index (χ1n) is 7.85. The third-order valence-corrected chi connectivity index (χ3v) is 3.83. The van der Waals surface area contributed by atoms with Gasteiger partial charge in [-0.05, 0) is 32.0 Å². The number of pyridine rings is 1. The Hall–Kier alpha value is -1.88. The summed E-state index contributed by atoms with van der Waals surface area (Å²) in [7, 11) is 1.96. The Morgan fingerprint density at radius 1 is 1.55 bits per heavy atom. The van der Waals surface area contributed by atoms with Crippen LogP contribution < -0.4 is 10.1 Å². The highest BCUT2D eigenvalue weighted by molar-refractivity contribution is 5.76. The average molecular weight is 303 g/mol. The lowest BCUT2D eigenvalue weighted by molar-refractivity contribution is -0.139. The number of rotatable bonds is 7. The van der Waals surface area contributed by atoms with Crippen LogP contribution >= 0.6 is 0 Å². The van der Waals surface area contributed by atoms with Crippen molar-refractivity contribution in [2.45, 2.75) is 38.8 Å².